The highest BCUT2D eigenvalue weighted by Gasteiger charge is 2.63. The van der Waals surface area contributed by atoms with Crippen LogP contribution in [0.3, 0.4) is 0 Å². The first-order valence-electron chi connectivity index (χ1n) is 4.73. The topological polar surface area (TPSA) is 37.3 Å². The minimum absolute atomic E-state index is 0.0530. The molecule has 0 aromatic heterocycles. The molecular weight excluding hydrogens is 209 g/mol. The molecule has 1 saturated carbocycles. The molecule has 0 aromatic rings. The number of carbonyl (C=O) groups is 1. The number of carboxylic acid groups (broad SMARTS) is 1. The van der Waals surface area contributed by atoms with Crippen molar-refractivity contribution < 1.29 is 23.1 Å². The number of hydrogen-bond donors (Lipinski definition) is 1. The number of carboxylic acids is 1. The molecule has 0 aromatic carbocycles. The Labute approximate surface area is 85.8 Å². The van der Waals surface area contributed by atoms with Crippen LogP contribution in [-0.4, -0.2) is 17.3 Å². The average Bonchev–Trinajstić information content (AvgIpc) is 2.83. The standard InChI is InChI=1S/C10H13F3O2/c1-2-3-7(8(14)15)6-9(4-5-9)10(11,12)13/h2,7H,1,3-6H2,(H,14,15). The molecule has 1 rings (SSSR count). The molecule has 1 fully saturated rings. The Kier molecular flexibility index (Phi) is 3.11. The minimum atomic E-state index is -4.28. The van der Waals surface area contributed by atoms with E-state index in [9.17, 15) is 18.0 Å². The van der Waals surface area contributed by atoms with Crippen molar-refractivity contribution in [3.63, 3.8) is 0 Å². The van der Waals surface area contributed by atoms with Gasteiger partial charge in [0.05, 0.1) is 11.3 Å². The van der Waals surface area contributed by atoms with Gasteiger partial charge < -0.3 is 5.11 Å². The van der Waals surface area contributed by atoms with Gasteiger partial charge in [-0.3, -0.25) is 4.79 Å². The van der Waals surface area contributed by atoms with Gasteiger partial charge in [-0.1, -0.05) is 6.08 Å². The van der Waals surface area contributed by atoms with Crippen molar-refractivity contribution in [2.45, 2.75) is 31.9 Å². The lowest BCUT2D eigenvalue weighted by atomic mass is 9.89. The number of alkyl halides is 3. The maximum atomic E-state index is 12.5. The third kappa shape index (κ3) is 2.52. The van der Waals surface area contributed by atoms with E-state index in [0.29, 0.717) is 0 Å². The molecule has 86 valence electrons. The highest BCUT2D eigenvalue weighted by Crippen LogP contribution is 2.61. The fourth-order valence-corrected chi connectivity index (χ4v) is 1.70. The molecule has 0 aliphatic heterocycles. The molecule has 1 aliphatic rings. The van der Waals surface area contributed by atoms with E-state index in [2.05, 4.69) is 6.58 Å². The molecule has 1 atom stereocenters. The molecule has 0 spiro atoms. The van der Waals surface area contributed by atoms with Crippen molar-refractivity contribution in [3.05, 3.63) is 12.7 Å². The van der Waals surface area contributed by atoms with Gasteiger partial charge in [-0.15, -0.1) is 6.58 Å². The van der Waals surface area contributed by atoms with Crippen molar-refractivity contribution in [2.75, 3.05) is 0 Å². The molecule has 1 N–H and O–H groups in total. The van der Waals surface area contributed by atoms with E-state index in [-0.39, 0.29) is 25.7 Å². The van der Waals surface area contributed by atoms with E-state index in [1.807, 2.05) is 0 Å². The number of allylic oxidation sites excluding steroid dienone is 1. The Morgan fingerprint density at radius 3 is 2.33 bits per heavy atom. The molecule has 0 radical (unpaired) electrons. The van der Waals surface area contributed by atoms with Gasteiger partial charge in [-0.05, 0) is 25.7 Å². The predicted octanol–water partition coefficient (Wildman–Crippen LogP) is 3.00. The molecule has 0 heterocycles. The summed E-state index contributed by atoms with van der Waals surface area (Å²) in [6, 6.07) is 0. The lowest BCUT2D eigenvalue weighted by molar-refractivity contribution is -0.193. The first-order valence-corrected chi connectivity index (χ1v) is 4.73. The van der Waals surface area contributed by atoms with Gasteiger partial charge in [0.2, 0.25) is 0 Å². The van der Waals surface area contributed by atoms with Crippen LogP contribution in [-0.2, 0) is 4.79 Å². The van der Waals surface area contributed by atoms with Crippen LogP contribution in [0.1, 0.15) is 25.7 Å². The molecule has 0 saturated heterocycles. The summed E-state index contributed by atoms with van der Waals surface area (Å²) in [5, 5.41) is 8.75. The normalized spacial score (nSPS) is 20.7. The predicted molar refractivity (Wildman–Crippen MR) is 48.3 cm³/mol. The molecule has 5 heteroatoms. The summed E-state index contributed by atoms with van der Waals surface area (Å²) in [6.07, 6.45) is -3.05. The Bertz CT molecular complexity index is 266. The third-order valence-electron chi connectivity index (χ3n) is 2.89. The SMILES string of the molecule is C=CCC(CC1(C(F)(F)F)CC1)C(=O)O. The van der Waals surface area contributed by atoms with Gasteiger partial charge in [-0.25, -0.2) is 0 Å². The van der Waals surface area contributed by atoms with E-state index < -0.39 is 23.5 Å². The molecular formula is C10H13F3O2. The van der Waals surface area contributed by atoms with E-state index in [1.54, 1.807) is 0 Å². The highest BCUT2D eigenvalue weighted by atomic mass is 19.4. The van der Waals surface area contributed by atoms with Crippen LogP contribution >= 0.6 is 0 Å². The summed E-state index contributed by atoms with van der Waals surface area (Å²) in [6.45, 7) is 3.35. The van der Waals surface area contributed by atoms with Crippen LogP contribution in [0.2, 0.25) is 0 Å². The summed E-state index contributed by atoms with van der Waals surface area (Å²) in [7, 11) is 0. The number of hydrogen-bond acceptors (Lipinski definition) is 1. The number of aliphatic carboxylic acids is 1. The van der Waals surface area contributed by atoms with Crippen LogP contribution in [0.4, 0.5) is 13.2 Å². The van der Waals surface area contributed by atoms with Gasteiger partial charge >= 0.3 is 12.1 Å². The lowest BCUT2D eigenvalue weighted by Crippen LogP contribution is -2.29. The molecule has 2 nitrogen and oxygen atoms in total. The average molecular weight is 222 g/mol. The molecule has 0 amide bonds. The van der Waals surface area contributed by atoms with Crippen molar-refractivity contribution in [1.29, 1.82) is 0 Å². The van der Waals surface area contributed by atoms with E-state index in [1.165, 1.54) is 6.08 Å². The Balaban J connectivity index is 2.66. The van der Waals surface area contributed by atoms with Gasteiger partial charge in [-0.2, -0.15) is 13.2 Å². The summed E-state index contributed by atoms with van der Waals surface area (Å²) >= 11 is 0. The first kappa shape index (κ1) is 12.1. The first-order chi connectivity index (χ1) is 6.82. The zero-order valence-electron chi connectivity index (χ0n) is 8.18. The second-order valence-corrected chi connectivity index (χ2v) is 4.04. The molecule has 1 aliphatic carbocycles. The summed E-state index contributed by atoms with van der Waals surface area (Å²) in [4.78, 5) is 10.7. The van der Waals surface area contributed by atoms with Crippen molar-refractivity contribution in [1.82, 2.24) is 0 Å². The van der Waals surface area contributed by atoms with E-state index >= 15 is 0 Å². The number of rotatable bonds is 5. The lowest BCUT2D eigenvalue weighted by Gasteiger charge is -2.22. The smallest absolute Gasteiger partial charge is 0.394 e. The zero-order chi connectivity index (χ0) is 11.7. The van der Waals surface area contributed by atoms with Crippen molar-refractivity contribution in [2.24, 2.45) is 11.3 Å². The second kappa shape index (κ2) is 3.87. The van der Waals surface area contributed by atoms with Crippen LogP contribution in [0.15, 0.2) is 12.7 Å². The Morgan fingerprint density at radius 1 is 1.53 bits per heavy atom. The number of halogens is 3. The second-order valence-electron chi connectivity index (χ2n) is 4.04. The quantitative estimate of drug-likeness (QED) is 0.726. The highest BCUT2D eigenvalue weighted by molar-refractivity contribution is 5.70. The Hall–Kier alpha value is -1.00. The summed E-state index contributed by atoms with van der Waals surface area (Å²) < 4.78 is 37.6. The maximum Gasteiger partial charge on any atom is 0.394 e. The molecule has 0 bridgehead atoms. The van der Waals surface area contributed by atoms with E-state index in [4.69, 9.17) is 5.11 Å². The maximum absolute atomic E-state index is 12.5. The van der Waals surface area contributed by atoms with Crippen LogP contribution in [0, 0.1) is 11.3 Å². The van der Waals surface area contributed by atoms with Gasteiger partial charge in [0.25, 0.3) is 0 Å². The van der Waals surface area contributed by atoms with E-state index in [0.717, 1.165) is 0 Å². The van der Waals surface area contributed by atoms with Gasteiger partial charge in [0, 0.05) is 0 Å². The molecule has 15 heavy (non-hydrogen) atoms. The largest absolute Gasteiger partial charge is 0.481 e. The molecule has 1 unspecified atom stereocenters. The summed E-state index contributed by atoms with van der Waals surface area (Å²) in [5.74, 6) is -2.14. The third-order valence-corrected chi connectivity index (χ3v) is 2.89. The van der Waals surface area contributed by atoms with Crippen LogP contribution < -0.4 is 0 Å². The van der Waals surface area contributed by atoms with Gasteiger partial charge in [0.1, 0.15) is 0 Å². The van der Waals surface area contributed by atoms with Crippen molar-refractivity contribution in [3.8, 4) is 0 Å². The Morgan fingerprint density at radius 2 is 2.07 bits per heavy atom. The van der Waals surface area contributed by atoms with Crippen LogP contribution in [0.25, 0.3) is 0 Å². The monoisotopic (exact) mass is 222 g/mol. The minimum Gasteiger partial charge on any atom is -0.481 e. The van der Waals surface area contributed by atoms with Crippen LogP contribution in [0.5, 0.6) is 0 Å². The zero-order valence-corrected chi connectivity index (χ0v) is 8.18. The fraction of sp³-hybridized carbons (Fsp3) is 0.700. The van der Waals surface area contributed by atoms with Gasteiger partial charge in [0.15, 0.2) is 0 Å². The van der Waals surface area contributed by atoms with Crippen molar-refractivity contribution >= 4 is 5.97 Å². The summed E-state index contributed by atoms with van der Waals surface area (Å²) in [5.41, 5.74) is -1.74. The fourth-order valence-electron chi connectivity index (χ4n) is 1.70.